The van der Waals surface area contributed by atoms with E-state index in [1.54, 1.807) is 42.6 Å². The zero-order chi connectivity index (χ0) is 14.4. The van der Waals surface area contributed by atoms with Gasteiger partial charge in [0, 0.05) is 30.9 Å². The van der Waals surface area contributed by atoms with Crippen LogP contribution < -0.4 is 10.9 Å². The number of carbonyl (C=O) groups is 1. The number of aliphatic hydroxyl groups is 1. The van der Waals surface area contributed by atoms with Crippen LogP contribution in [0.15, 0.2) is 53.5 Å². The van der Waals surface area contributed by atoms with E-state index in [9.17, 15) is 9.59 Å². The average molecular weight is 272 g/mol. The first-order valence-corrected chi connectivity index (χ1v) is 6.34. The summed E-state index contributed by atoms with van der Waals surface area (Å²) in [7, 11) is 0. The molecule has 2 aromatic rings. The Kier molecular flexibility index (Phi) is 4.68. The third-order valence-electron chi connectivity index (χ3n) is 2.90. The molecule has 0 aliphatic carbocycles. The maximum absolute atomic E-state index is 11.8. The highest BCUT2D eigenvalue weighted by molar-refractivity contribution is 5.90. The number of aliphatic hydroxyl groups excluding tert-OH is 1. The van der Waals surface area contributed by atoms with Crippen LogP contribution in [0.25, 0.3) is 0 Å². The number of amides is 1. The highest BCUT2D eigenvalue weighted by Gasteiger charge is 2.03. The number of nitrogens with zero attached hydrogens (tertiary/aromatic N) is 1. The van der Waals surface area contributed by atoms with Crippen molar-refractivity contribution in [2.45, 2.75) is 19.6 Å². The second-order valence-corrected chi connectivity index (χ2v) is 4.39. The second-order valence-electron chi connectivity index (χ2n) is 4.39. The summed E-state index contributed by atoms with van der Waals surface area (Å²) in [5.74, 6) is -0.155. The Bertz CT molecular complexity index is 632. The molecule has 1 heterocycles. The molecule has 5 nitrogen and oxygen atoms in total. The molecular weight excluding hydrogens is 256 g/mol. The normalized spacial score (nSPS) is 10.2. The van der Waals surface area contributed by atoms with Crippen molar-refractivity contribution in [3.63, 3.8) is 0 Å². The van der Waals surface area contributed by atoms with E-state index in [0.717, 1.165) is 5.56 Å². The number of rotatable bonds is 5. The third-order valence-corrected chi connectivity index (χ3v) is 2.90. The molecule has 2 N–H and O–H groups in total. The lowest BCUT2D eigenvalue weighted by Gasteiger charge is -2.07. The lowest BCUT2D eigenvalue weighted by Crippen LogP contribution is -2.21. The third kappa shape index (κ3) is 3.80. The monoisotopic (exact) mass is 272 g/mol. The molecule has 0 atom stereocenters. The number of hydrogen-bond acceptors (Lipinski definition) is 3. The number of benzene rings is 1. The Morgan fingerprint density at radius 2 is 1.90 bits per heavy atom. The topological polar surface area (TPSA) is 71.3 Å². The number of pyridine rings is 1. The molecular formula is C15H16N2O3. The first kappa shape index (κ1) is 14.0. The van der Waals surface area contributed by atoms with Crippen molar-refractivity contribution in [1.82, 2.24) is 4.57 Å². The highest BCUT2D eigenvalue weighted by atomic mass is 16.3. The summed E-state index contributed by atoms with van der Waals surface area (Å²) >= 11 is 0. The standard InChI is InChI=1S/C15H16N2O3/c18-11-12-4-6-13(7-5-12)16-14(19)8-10-17-9-2-1-3-15(17)20/h1-7,9,18H,8,10-11H2,(H,16,19). The maximum Gasteiger partial charge on any atom is 0.250 e. The van der Waals surface area contributed by atoms with Crippen LogP contribution in [0, 0.1) is 0 Å². The molecule has 0 saturated heterocycles. The molecule has 1 aromatic heterocycles. The molecule has 0 radical (unpaired) electrons. The van der Waals surface area contributed by atoms with Crippen LogP contribution in [-0.4, -0.2) is 15.6 Å². The van der Waals surface area contributed by atoms with Gasteiger partial charge >= 0.3 is 0 Å². The van der Waals surface area contributed by atoms with E-state index in [1.165, 1.54) is 10.6 Å². The van der Waals surface area contributed by atoms with Gasteiger partial charge in [-0.3, -0.25) is 9.59 Å². The van der Waals surface area contributed by atoms with Crippen molar-refractivity contribution in [3.05, 3.63) is 64.6 Å². The molecule has 0 fully saturated rings. The zero-order valence-corrected chi connectivity index (χ0v) is 11.0. The van der Waals surface area contributed by atoms with Crippen LogP contribution >= 0.6 is 0 Å². The zero-order valence-electron chi connectivity index (χ0n) is 11.0. The molecule has 2 rings (SSSR count). The van der Waals surface area contributed by atoms with Gasteiger partial charge in [-0.05, 0) is 23.8 Å². The van der Waals surface area contributed by atoms with Gasteiger partial charge in [0.1, 0.15) is 0 Å². The van der Waals surface area contributed by atoms with Gasteiger partial charge in [-0.2, -0.15) is 0 Å². The number of hydrogen-bond donors (Lipinski definition) is 2. The smallest absolute Gasteiger partial charge is 0.250 e. The number of aryl methyl sites for hydroxylation is 1. The van der Waals surface area contributed by atoms with E-state index >= 15 is 0 Å². The van der Waals surface area contributed by atoms with E-state index in [0.29, 0.717) is 12.2 Å². The van der Waals surface area contributed by atoms with Crippen LogP contribution in [-0.2, 0) is 17.9 Å². The van der Waals surface area contributed by atoms with Crippen molar-refractivity contribution in [2.75, 3.05) is 5.32 Å². The Labute approximate surface area is 116 Å². The van der Waals surface area contributed by atoms with Gasteiger partial charge in [-0.25, -0.2) is 0 Å². The first-order chi connectivity index (χ1) is 9.69. The fourth-order valence-corrected chi connectivity index (χ4v) is 1.78. The molecule has 0 aliphatic rings. The first-order valence-electron chi connectivity index (χ1n) is 6.34. The van der Waals surface area contributed by atoms with Gasteiger partial charge in [0.25, 0.3) is 5.56 Å². The van der Waals surface area contributed by atoms with Gasteiger partial charge in [0.05, 0.1) is 6.61 Å². The predicted octanol–water partition coefficient (Wildman–Crippen LogP) is 1.37. The van der Waals surface area contributed by atoms with Crippen LogP contribution in [0.4, 0.5) is 5.69 Å². The van der Waals surface area contributed by atoms with E-state index < -0.39 is 0 Å². The summed E-state index contributed by atoms with van der Waals surface area (Å²) < 4.78 is 1.49. The molecule has 20 heavy (non-hydrogen) atoms. The lowest BCUT2D eigenvalue weighted by molar-refractivity contribution is -0.116. The Hall–Kier alpha value is -2.40. The minimum Gasteiger partial charge on any atom is -0.392 e. The van der Waals surface area contributed by atoms with E-state index in [4.69, 9.17) is 5.11 Å². The number of nitrogens with one attached hydrogen (secondary N) is 1. The summed E-state index contributed by atoms with van der Waals surface area (Å²) in [6, 6.07) is 11.9. The molecule has 0 bridgehead atoms. The quantitative estimate of drug-likeness (QED) is 0.863. The van der Waals surface area contributed by atoms with Crippen molar-refractivity contribution >= 4 is 11.6 Å². The highest BCUT2D eigenvalue weighted by Crippen LogP contribution is 2.09. The predicted molar refractivity (Wildman–Crippen MR) is 76.3 cm³/mol. The van der Waals surface area contributed by atoms with Crippen molar-refractivity contribution in [2.24, 2.45) is 0 Å². The number of anilines is 1. The van der Waals surface area contributed by atoms with Crippen LogP contribution in [0.2, 0.25) is 0 Å². The van der Waals surface area contributed by atoms with Crippen LogP contribution in [0.1, 0.15) is 12.0 Å². The van der Waals surface area contributed by atoms with Gasteiger partial charge in [-0.1, -0.05) is 18.2 Å². The molecule has 0 spiro atoms. The van der Waals surface area contributed by atoms with Crippen LogP contribution in [0.3, 0.4) is 0 Å². The van der Waals surface area contributed by atoms with E-state index in [-0.39, 0.29) is 24.5 Å². The molecule has 0 aliphatic heterocycles. The average Bonchev–Trinajstić information content (AvgIpc) is 2.47. The van der Waals surface area contributed by atoms with Crippen LogP contribution in [0.5, 0.6) is 0 Å². The summed E-state index contributed by atoms with van der Waals surface area (Å²) in [5.41, 5.74) is 1.35. The minimum absolute atomic E-state index is 0.0227. The molecule has 104 valence electrons. The SMILES string of the molecule is O=C(CCn1ccccc1=O)Nc1ccc(CO)cc1. The van der Waals surface area contributed by atoms with Gasteiger partial charge in [0.15, 0.2) is 0 Å². The summed E-state index contributed by atoms with van der Waals surface area (Å²) in [5, 5.41) is 11.7. The Balaban J connectivity index is 1.89. The summed E-state index contributed by atoms with van der Waals surface area (Å²) in [4.78, 5) is 23.2. The van der Waals surface area contributed by atoms with E-state index in [1.807, 2.05) is 0 Å². The Morgan fingerprint density at radius 3 is 2.55 bits per heavy atom. The number of carbonyl (C=O) groups excluding carboxylic acids is 1. The molecule has 0 unspecified atom stereocenters. The van der Waals surface area contributed by atoms with Gasteiger partial charge in [0.2, 0.25) is 5.91 Å². The molecule has 1 aromatic carbocycles. The van der Waals surface area contributed by atoms with Gasteiger partial charge in [-0.15, -0.1) is 0 Å². The minimum atomic E-state index is -0.155. The van der Waals surface area contributed by atoms with Crippen molar-refractivity contribution in [1.29, 1.82) is 0 Å². The summed E-state index contributed by atoms with van der Waals surface area (Å²) in [6.45, 7) is 0.325. The maximum atomic E-state index is 11.8. The van der Waals surface area contributed by atoms with Crippen molar-refractivity contribution in [3.8, 4) is 0 Å². The van der Waals surface area contributed by atoms with Gasteiger partial charge < -0.3 is 15.0 Å². The molecule has 0 saturated carbocycles. The van der Waals surface area contributed by atoms with Crippen molar-refractivity contribution < 1.29 is 9.90 Å². The fraction of sp³-hybridized carbons (Fsp3) is 0.200. The summed E-state index contributed by atoms with van der Waals surface area (Å²) in [6.07, 6.45) is 1.89. The lowest BCUT2D eigenvalue weighted by atomic mass is 10.2. The fourth-order valence-electron chi connectivity index (χ4n) is 1.78. The largest absolute Gasteiger partial charge is 0.392 e. The molecule has 1 amide bonds. The number of aromatic nitrogens is 1. The second kappa shape index (κ2) is 6.68. The Morgan fingerprint density at radius 1 is 1.15 bits per heavy atom. The molecule has 5 heteroatoms. The van der Waals surface area contributed by atoms with E-state index in [2.05, 4.69) is 5.32 Å².